The molecule has 1 aliphatic rings. The summed E-state index contributed by atoms with van der Waals surface area (Å²) in [6.07, 6.45) is -2.62. The van der Waals surface area contributed by atoms with E-state index in [0.29, 0.717) is 5.92 Å². The lowest BCUT2D eigenvalue weighted by Crippen LogP contribution is -2.28. The molecule has 2 atom stereocenters. The Labute approximate surface area is 115 Å². The van der Waals surface area contributed by atoms with Crippen LogP contribution in [0.2, 0.25) is 0 Å². The molecule has 1 saturated carbocycles. The third kappa shape index (κ3) is 2.89. The van der Waals surface area contributed by atoms with Crippen molar-refractivity contribution in [2.24, 2.45) is 5.92 Å². The number of hydrogen-bond acceptors (Lipinski definition) is 2. The van der Waals surface area contributed by atoms with Gasteiger partial charge in [-0.1, -0.05) is 19.4 Å². The summed E-state index contributed by atoms with van der Waals surface area (Å²) < 4.78 is 38.7. The summed E-state index contributed by atoms with van der Waals surface area (Å²) in [7, 11) is 1.38. The first-order valence-electron chi connectivity index (χ1n) is 6.57. The Bertz CT molecular complexity index is 514. The van der Waals surface area contributed by atoms with Gasteiger partial charge in [-0.05, 0) is 24.5 Å². The molecule has 1 aromatic rings. The van der Waals surface area contributed by atoms with Crippen molar-refractivity contribution in [3.63, 3.8) is 0 Å². The Balaban J connectivity index is 2.25. The number of amides is 1. The predicted octanol–water partition coefficient (Wildman–Crippen LogP) is 3.28. The fraction of sp³-hybridized carbons (Fsp3) is 0.500. The number of carbonyl (C=O) groups excluding carboxylic acids is 1. The minimum Gasteiger partial charge on any atom is -0.387 e. The standard InChI is InChI=1S/C14H17F3N2O/c1-3-8-7-11(8)19-13(20)9-5-4-6-10(12(9)18-2)14(15,16)17/h4-6,8,11,18H,3,7H2,1-2H3,(H,19,20). The molecule has 1 aromatic carbocycles. The van der Waals surface area contributed by atoms with Crippen molar-refractivity contribution >= 4 is 11.6 Å². The molecule has 0 radical (unpaired) electrons. The fourth-order valence-corrected chi connectivity index (χ4v) is 2.37. The molecule has 0 saturated heterocycles. The molecule has 0 bridgehead atoms. The number of carbonyl (C=O) groups is 1. The highest BCUT2D eigenvalue weighted by Crippen LogP contribution is 2.37. The first kappa shape index (κ1) is 14.7. The number of halogens is 3. The summed E-state index contributed by atoms with van der Waals surface area (Å²) in [6.45, 7) is 2.03. The highest BCUT2D eigenvalue weighted by atomic mass is 19.4. The number of anilines is 1. The minimum atomic E-state index is -4.49. The average Bonchev–Trinajstić information content (AvgIpc) is 3.14. The van der Waals surface area contributed by atoms with E-state index in [4.69, 9.17) is 0 Å². The van der Waals surface area contributed by atoms with Crippen LogP contribution in [0.15, 0.2) is 18.2 Å². The highest BCUT2D eigenvalue weighted by Gasteiger charge is 2.38. The highest BCUT2D eigenvalue weighted by molar-refractivity contribution is 6.00. The van der Waals surface area contributed by atoms with Crippen LogP contribution in [0.5, 0.6) is 0 Å². The van der Waals surface area contributed by atoms with Crippen molar-refractivity contribution < 1.29 is 18.0 Å². The normalized spacial score (nSPS) is 21.4. The maximum Gasteiger partial charge on any atom is 0.418 e. The summed E-state index contributed by atoms with van der Waals surface area (Å²) in [5.41, 5.74) is -0.967. The first-order chi connectivity index (χ1) is 9.38. The lowest BCUT2D eigenvalue weighted by atomic mass is 10.1. The molecule has 3 nitrogen and oxygen atoms in total. The second-order valence-electron chi connectivity index (χ2n) is 4.96. The van der Waals surface area contributed by atoms with E-state index in [1.165, 1.54) is 19.2 Å². The van der Waals surface area contributed by atoms with E-state index in [9.17, 15) is 18.0 Å². The van der Waals surface area contributed by atoms with Gasteiger partial charge in [0.2, 0.25) is 0 Å². The lowest BCUT2D eigenvalue weighted by Gasteiger charge is -2.16. The van der Waals surface area contributed by atoms with Gasteiger partial charge in [-0.25, -0.2) is 0 Å². The molecular formula is C14H17F3N2O. The van der Waals surface area contributed by atoms with Crippen LogP contribution in [0.1, 0.15) is 35.7 Å². The average molecular weight is 286 g/mol. The van der Waals surface area contributed by atoms with Crippen molar-refractivity contribution in [2.75, 3.05) is 12.4 Å². The molecule has 0 aromatic heterocycles. The van der Waals surface area contributed by atoms with Gasteiger partial charge < -0.3 is 10.6 Å². The van der Waals surface area contributed by atoms with E-state index < -0.39 is 17.6 Å². The van der Waals surface area contributed by atoms with E-state index in [2.05, 4.69) is 10.6 Å². The Morgan fingerprint density at radius 1 is 1.40 bits per heavy atom. The van der Waals surface area contributed by atoms with Crippen molar-refractivity contribution in [1.82, 2.24) is 5.32 Å². The summed E-state index contributed by atoms with van der Waals surface area (Å²) >= 11 is 0. The van der Waals surface area contributed by atoms with Gasteiger partial charge in [-0.2, -0.15) is 13.2 Å². The molecule has 0 aliphatic heterocycles. The zero-order valence-corrected chi connectivity index (χ0v) is 11.3. The van der Waals surface area contributed by atoms with Crippen LogP contribution in [-0.4, -0.2) is 19.0 Å². The van der Waals surface area contributed by atoms with Crippen LogP contribution in [-0.2, 0) is 6.18 Å². The van der Waals surface area contributed by atoms with Crippen LogP contribution < -0.4 is 10.6 Å². The van der Waals surface area contributed by atoms with Gasteiger partial charge in [-0.3, -0.25) is 4.79 Å². The zero-order chi connectivity index (χ0) is 14.9. The number of nitrogens with one attached hydrogen (secondary N) is 2. The summed E-state index contributed by atoms with van der Waals surface area (Å²) in [5, 5.41) is 5.27. The van der Waals surface area contributed by atoms with Gasteiger partial charge in [0.1, 0.15) is 0 Å². The van der Waals surface area contributed by atoms with Crippen LogP contribution in [0.3, 0.4) is 0 Å². The minimum absolute atomic E-state index is 0.0316. The molecule has 0 spiro atoms. The zero-order valence-electron chi connectivity index (χ0n) is 11.3. The molecule has 2 N–H and O–H groups in total. The largest absolute Gasteiger partial charge is 0.418 e. The maximum absolute atomic E-state index is 12.9. The number of hydrogen-bond donors (Lipinski definition) is 2. The smallest absolute Gasteiger partial charge is 0.387 e. The van der Waals surface area contributed by atoms with Crippen LogP contribution >= 0.6 is 0 Å². The van der Waals surface area contributed by atoms with Gasteiger partial charge in [0.25, 0.3) is 5.91 Å². The Hall–Kier alpha value is -1.72. The number of rotatable bonds is 4. The van der Waals surface area contributed by atoms with E-state index in [0.717, 1.165) is 18.9 Å². The number of para-hydroxylation sites is 1. The molecule has 1 fully saturated rings. The van der Waals surface area contributed by atoms with Crippen molar-refractivity contribution in [3.8, 4) is 0 Å². The topological polar surface area (TPSA) is 41.1 Å². The first-order valence-corrected chi connectivity index (χ1v) is 6.57. The molecular weight excluding hydrogens is 269 g/mol. The SMILES string of the molecule is CCC1CC1NC(=O)c1cccc(C(F)(F)F)c1NC. The summed E-state index contributed by atoms with van der Waals surface area (Å²) in [5.74, 6) is -0.0100. The molecule has 2 unspecified atom stereocenters. The van der Waals surface area contributed by atoms with Crippen molar-refractivity contribution in [1.29, 1.82) is 0 Å². The molecule has 110 valence electrons. The fourth-order valence-electron chi connectivity index (χ4n) is 2.37. The molecule has 2 rings (SSSR count). The van der Waals surface area contributed by atoms with E-state index in [1.54, 1.807) is 0 Å². The van der Waals surface area contributed by atoms with Gasteiger partial charge in [0.15, 0.2) is 0 Å². The quantitative estimate of drug-likeness (QED) is 0.892. The second-order valence-corrected chi connectivity index (χ2v) is 4.96. The molecule has 1 aliphatic carbocycles. The van der Waals surface area contributed by atoms with Crippen molar-refractivity contribution in [3.05, 3.63) is 29.3 Å². The Kier molecular flexibility index (Phi) is 3.92. The molecule has 1 amide bonds. The maximum atomic E-state index is 12.9. The number of alkyl halides is 3. The summed E-state index contributed by atoms with van der Waals surface area (Å²) in [6, 6.07) is 3.71. The van der Waals surface area contributed by atoms with Crippen LogP contribution in [0.25, 0.3) is 0 Å². The second kappa shape index (κ2) is 5.34. The third-order valence-electron chi connectivity index (χ3n) is 3.63. The van der Waals surface area contributed by atoms with Gasteiger partial charge in [0, 0.05) is 13.1 Å². The van der Waals surface area contributed by atoms with Crippen LogP contribution in [0.4, 0.5) is 18.9 Å². The molecule has 6 heteroatoms. The van der Waals surface area contributed by atoms with E-state index >= 15 is 0 Å². The third-order valence-corrected chi connectivity index (χ3v) is 3.63. The summed E-state index contributed by atoms with van der Waals surface area (Å²) in [4.78, 5) is 12.1. The molecule has 20 heavy (non-hydrogen) atoms. The Morgan fingerprint density at radius 3 is 2.60 bits per heavy atom. The Morgan fingerprint density at radius 2 is 2.10 bits per heavy atom. The predicted molar refractivity (Wildman–Crippen MR) is 70.6 cm³/mol. The van der Waals surface area contributed by atoms with Gasteiger partial charge in [-0.15, -0.1) is 0 Å². The monoisotopic (exact) mass is 286 g/mol. The molecule has 0 heterocycles. The van der Waals surface area contributed by atoms with E-state index in [-0.39, 0.29) is 17.3 Å². The van der Waals surface area contributed by atoms with E-state index in [1.807, 2.05) is 6.92 Å². The lowest BCUT2D eigenvalue weighted by molar-refractivity contribution is -0.136. The van der Waals surface area contributed by atoms with Gasteiger partial charge in [0.05, 0.1) is 16.8 Å². The van der Waals surface area contributed by atoms with Crippen molar-refractivity contribution in [2.45, 2.75) is 32.0 Å². The van der Waals surface area contributed by atoms with Gasteiger partial charge >= 0.3 is 6.18 Å². The van der Waals surface area contributed by atoms with Crippen LogP contribution in [0, 0.1) is 5.92 Å². The number of benzene rings is 1.